The molecular formula is C18H30IN3O2. The van der Waals surface area contributed by atoms with E-state index in [4.69, 9.17) is 15.2 Å². The van der Waals surface area contributed by atoms with E-state index in [1.54, 1.807) is 7.11 Å². The van der Waals surface area contributed by atoms with Crippen molar-refractivity contribution in [2.24, 2.45) is 22.1 Å². The van der Waals surface area contributed by atoms with E-state index in [0.717, 1.165) is 30.9 Å². The van der Waals surface area contributed by atoms with Crippen LogP contribution in [-0.2, 0) is 4.74 Å². The number of hydrogen-bond donors (Lipinski definition) is 2. The Hall–Kier alpha value is -1.02. The third kappa shape index (κ3) is 6.12. The quantitative estimate of drug-likeness (QED) is 0.418. The van der Waals surface area contributed by atoms with Gasteiger partial charge in [0.1, 0.15) is 5.75 Å². The Bertz CT molecular complexity index is 526. The summed E-state index contributed by atoms with van der Waals surface area (Å²) in [5.74, 6) is 1.67. The van der Waals surface area contributed by atoms with Crippen molar-refractivity contribution in [2.75, 3.05) is 25.6 Å². The number of benzene rings is 1. The molecule has 0 bridgehead atoms. The zero-order valence-corrected chi connectivity index (χ0v) is 17.4. The summed E-state index contributed by atoms with van der Waals surface area (Å²) in [4.78, 5) is 4.52. The molecule has 1 saturated heterocycles. The largest absolute Gasteiger partial charge is 0.497 e. The molecule has 1 aliphatic rings. The molecule has 0 aromatic heterocycles. The first-order valence-corrected chi connectivity index (χ1v) is 8.23. The van der Waals surface area contributed by atoms with Gasteiger partial charge < -0.3 is 20.5 Å². The van der Waals surface area contributed by atoms with Gasteiger partial charge in [0.05, 0.1) is 13.2 Å². The van der Waals surface area contributed by atoms with E-state index in [0.29, 0.717) is 18.4 Å². The molecule has 1 heterocycles. The molecular weight excluding hydrogens is 417 g/mol. The average molecular weight is 447 g/mol. The van der Waals surface area contributed by atoms with Crippen molar-refractivity contribution in [3.63, 3.8) is 0 Å². The molecule has 0 spiro atoms. The van der Waals surface area contributed by atoms with Crippen molar-refractivity contribution in [1.29, 1.82) is 0 Å². The zero-order valence-electron chi connectivity index (χ0n) is 15.0. The number of halogens is 1. The number of nitrogens with one attached hydrogen (secondary N) is 1. The van der Waals surface area contributed by atoms with Crippen LogP contribution in [0.15, 0.2) is 29.3 Å². The molecule has 0 saturated carbocycles. The standard InChI is InChI=1S/C18H29N3O2.HI/c1-18(2,3)16-13(6-5-11-23-16)12-20-17(19)21-14-7-9-15(22-4)10-8-14;/h7-10,13,16H,5-6,11-12H2,1-4H3,(H3,19,20,21);1H. The van der Waals surface area contributed by atoms with Crippen molar-refractivity contribution in [3.8, 4) is 5.75 Å². The fraction of sp³-hybridized carbons (Fsp3) is 0.611. The van der Waals surface area contributed by atoms with Crippen LogP contribution in [0.4, 0.5) is 5.69 Å². The SMILES string of the molecule is COc1ccc(NC(N)=NCC2CCCOC2C(C)(C)C)cc1.I. The van der Waals surface area contributed by atoms with Crippen LogP contribution in [0.25, 0.3) is 0 Å². The van der Waals surface area contributed by atoms with E-state index in [-0.39, 0.29) is 35.5 Å². The normalized spacial score (nSPS) is 21.8. The predicted octanol–water partition coefficient (Wildman–Crippen LogP) is 3.88. The van der Waals surface area contributed by atoms with Crippen LogP contribution in [-0.4, -0.2) is 32.3 Å². The summed E-state index contributed by atoms with van der Waals surface area (Å²) in [7, 11) is 1.65. The fourth-order valence-corrected chi connectivity index (χ4v) is 3.06. The lowest BCUT2D eigenvalue weighted by atomic mass is 9.78. The van der Waals surface area contributed by atoms with Gasteiger partial charge in [-0.3, -0.25) is 4.99 Å². The third-order valence-electron chi connectivity index (χ3n) is 4.16. The van der Waals surface area contributed by atoms with Gasteiger partial charge in [-0.05, 0) is 42.5 Å². The average Bonchev–Trinajstić information content (AvgIpc) is 2.53. The van der Waals surface area contributed by atoms with E-state index < -0.39 is 0 Å². The minimum Gasteiger partial charge on any atom is -0.497 e. The molecule has 1 aliphatic heterocycles. The maximum absolute atomic E-state index is 6.01. The Morgan fingerprint density at radius 1 is 1.33 bits per heavy atom. The minimum absolute atomic E-state index is 0. The van der Waals surface area contributed by atoms with Gasteiger partial charge in [0.15, 0.2) is 5.96 Å². The monoisotopic (exact) mass is 447 g/mol. The maximum atomic E-state index is 6.01. The van der Waals surface area contributed by atoms with Crippen LogP contribution in [0, 0.1) is 11.3 Å². The number of anilines is 1. The summed E-state index contributed by atoms with van der Waals surface area (Å²) in [6.45, 7) is 8.20. The Morgan fingerprint density at radius 3 is 2.58 bits per heavy atom. The van der Waals surface area contributed by atoms with Crippen LogP contribution >= 0.6 is 24.0 Å². The molecule has 2 atom stereocenters. The second kappa shape index (κ2) is 9.46. The Balaban J connectivity index is 0.00000288. The first-order valence-electron chi connectivity index (χ1n) is 8.23. The molecule has 1 aromatic rings. The second-order valence-corrected chi connectivity index (χ2v) is 7.14. The molecule has 2 unspecified atom stereocenters. The zero-order chi connectivity index (χ0) is 16.9. The van der Waals surface area contributed by atoms with Gasteiger partial charge in [-0.2, -0.15) is 0 Å². The first kappa shape index (κ1) is 21.0. The van der Waals surface area contributed by atoms with E-state index in [1.165, 1.54) is 0 Å². The summed E-state index contributed by atoms with van der Waals surface area (Å²) in [6.07, 6.45) is 2.47. The van der Waals surface area contributed by atoms with Crippen molar-refractivity contribution in [1.82, 2.24) is 0 Å². The Morgan fingerprint density at radius 2 is 2.00 bits per heavy atom. The van der Waals surface area contributed by atoms with E-state index in [2.05, 4.69) is 31.1 Å². The van der Waals surface area contributed by atoms with Crippen LogP contribution in [0.3, 0.4) is 0 Å². The molecule has 3 N–H and O–H groups in total. The first-order chi connectivity index (χ1) is 10.9. The molecule has 0 radical (unpaired) electrons. The van der Waals surface area contributed by atoms with Crippen molar-refractivity contribution in [2.45, 2.75) is 39.7 Å². The van der Waals surface area contributed by atoms with Crippen molar-refractivity contribution < 1.29 is 9.47 Å². The molecule has 24 heavy (non-hydrogen) atoms. The predicted molar refractivity (Wildman–Crippen MR) is 110 cm³/mol. The highest BCUT2D eigenvalue weighted by Gasteiger charge is 2.35. The molecule has 0 amide bonds. The number of methoxy groups -OCH3 is 1. The number of ether oxygens (including phenoxy) is 2. The lowest BCUT2D eigenvalue weighted by Gasteiger charge is -2.39. The van der Waals surface area contributed by atoms with Crippen LogP contribution in [0.2, 0.25) is 0 Å². The molecule has 5 nitrogen and oxygen atoms in total. The molecule has 1 fully saturated rings. The van der Waals surface area contributed by atoms with Gasteiger partial charge in [0.2, 0.25) is 0 Å². The number of guanidine groups is 1. The van der Waals surface area contributed by atoms with Crippen molar-refractivity contribution >= 4 is 35.6 Å². The summed E-state index contributed by atoms with van der Waals surface area (Å²) >= 11 is 0. The van der Waals surface area contributed by atoms with E-state index in [1.807, 2.05) is 24.3 Å². The van der Waals surface area contributed by atoms with Gasteiger partial charge >= 0.3 is 0 Å². The number of nitrogens with two attached hydrogens (primary N) is 1. The minimum atomic E-state index is 0. The molecule has 0 aliphatic carbocycles. The summed E-state index contributed by atoms with van der Waals surface area (Å²) < 4.78 is 11.1. The highest BCUT2D eigenvalue weighted by Crippen LogP contribution is 2.34. The van der Waals surface area contributed by atoms with Gasteiger partial charge in [-0.15, -0.1) is 24.0 Å². The Kier molecular flexibility index (Phi) is 8.29. The van der Waals surface area contributed by atoms with Crippen LogP contribution in [0.1, 0.15) is 33.6 Å². The number of hydrogen-bond acceptors (Lipinski definition) is 3. The van der Waals surface area contributed by atoms with Gasteiger partial charge in [-0.1, -0.05) is 20.8 Å². The van der Waals surface area contributed by atoms with Gasteiger partial charge in [0.25, 0.3) is 0 Å². The summed E-state index contributed by atoms with van der Waals surface area (Å²) in [5, 5.41) is 3.12. The molecule has 2 rings (SSSR count). The number of aliphatic imine (C=N–C) groups is 1. The van der Waals surface area contributed by atoms with Crippen molar-refractivity contribution in [3.05, 3.63) is 24.3 Å². The Labute approximate surface area is 162 Å². The van der Waals surface area contributed by atoms with E-state index >= 15 is 0 Å². The van der Waals surface area contributed by atoms with Gasteiger partial charge in [-0.25, -0.2) is 0 Å². The fourth-order valence-electron chi connectivity index (χ4n) is 3.06. The van der Waals surface area contributed by atoms with E-state index in [9.17, 15) is 0 Å². The molecule has 6 heteroatoms. The highest BCUT2D eigenvalue weighted by atomic mass is 127. The summed E-state index contributed by atoms with van der Waals surface area (Å²) in [6, 6.07) is 7.62. The smallest absolute Gasteiger partial charge is 0.193 e. The van der Waals surface area contributed by atoms with Gasteiger partial charge in [0, 0.05) is 24.8 Å². The topological polar surface area (TPSA) is 68.9 Å². The van der Waals surface area contributed by atoms with Crippen LogP contribution < -0.4 is 15.8 Å². The number of nitrogens with zero attached hydrogens (tertiary/aromatic N) is 1. The second-order valence-electron chi connectivity index (χ2n) is 7.14. The highest BCUT2D eigenvalue weighted by molar-refractivity contribution is 14.0. The lowest BCUT2D eigenvalue weighted by Crippen LogP contribution is -2.41. The lowest BCUT2D eigenvalue weighted by molar-refractivity contribution is -0.0823. The molecule has 136 valence electrons. The van der Waals surface area contributed by atoms with Crippen LogP contribution in [0.5, 0.6) is 5.75 Å². The number of rotatable bonds is 4. The third-order valence-corrected chi connectivity index (χ3v) is 4.16. The maximum Gasteiger partial charge on any atom is 0.193 e. The molecule has 1 aromatic carbocycles. The summed E-state index contributed by atoms with van der Waals surface area (Å²) in [5.41, 5.74) is 7.04.